The summed E-state index contributed by atoms with van der Waals surface area (Å²) in [6.45, 7) is 5.17. The molecule has 0 heterocycles. The van der Waals surface area contributed by atoms with Gasteiger partial charge in [-0.05, 0) is 20.4 Å². The van der Waals surface area contributed by atoms with Crippen molar-refractivity contribution in [3.05, 3.63) is 0 Å². The zero-order valence-corrected chi connectivity index (χ0v) is 10.1. The maximum atomic E-state index is 9.39. The van der Waals surface area contributed by atoms with E-state index in [0.29, 0.717) is 13.2 Å². The summed E-state index contributed by atoms with van der Waals surface area (Å²) >= 11 is 2.14. The van der Waals surface area contributed by atoms with E-state index in [9.17, 15) is 5.11 Å². The van der Waals surface area contributed by atoms with Gasteiger partial charge in [-0.3, -0.25) is 0 Å². The fraction of sp³-hybridized carbons (Fsp3) is 1.00. The molecule has 2 unspecified atom stereocenters. The zero-order chi connectivity index (χ0) is 9.56. The molecule has 0 saturated carbocycles. The van der Waals surface area contributed by atoms with Gasteiger partial charge in [-0.1, -0.05) is 6.92 Å². The van der Waals surface area contributed by atoms with Crippen LogP contribution < -0.4 is 0 Å². The van der Waals surface area contributed by atoms with Crippen molar-refractivity contribution in [3.8, 4) is 0 Å². The molecular formula is C8H18INO2. The van der Waals surface area contributed by atoms with Crippen molar-refractivity contribution in [1.29, 1.82) is 0 Å². The largest absolute Gasteiger partial charge is 0.389 e. The van der Waals surface area contributed by atoms with Crippen LogP contribution in [0.5, 0.6) is 0 Å². The number of aliphatic hydroxyl groups is 1. The summed E-state index contributed by atoms with van der Waals surface area (Å²) in [6, 6.07) is 0. The molecule has 0 aromatic heterocycles. The van der Waals surface area contributed by atoms with E-state index in [1.54, 1.807) is 0 Å². The molecule has 0 aliphatic rings. The Hall–Kier alpha value is 0.610. The van der Waals surface area contributed by atoms with E-state index >= 15 is 0 Å². The predicted octanol–water partition coefficient (Wildman–Crippen LogP) is 1.44. The molecule has 0 saturated heterocycles. The van der Waals surface area contributed by atoms with Crippen LogP contribution in [0, 0.1) is 0 Å². The smallest absolute Gasteiger partial charge is 0.0908 e. The van der Waals surface area contributed by atoms with Gasteiger partial charge in [0, 0.05) is 29.4 Å². The zero-order valence-electron chi connectivity index (χ0n) is 7.96. The molecule has 0 radical (unpaired) electrons. The summed E-state index contributed by atoms with van der Waals surface area (Å²) in [5.41, 5.74) is 0. The van der Waals surface area contributed by atoms with Gasteiger partial charge in [-0.25, -0.2) is 3.11 Å². The van der Waals surface area contributed by atoms with Crippen molar-refractivity contribution in [3.63, 3.8) is 0 Å². The second-order valence-corrected chi connectivity index (χ2v) is 4.64. The fourth-order valence-electron chi connectivity index (χ4n) is 0.736. The third kappa shape index (κ3) is 7.27. The van der Waals surface area contributed by atoms with E-state index in [-0.39, 0.29) is 12.2 Å². The summed E-state index contributed by atoms with van der Waals surface area (Å²) in [5.74, 6) is 0. The molecule has 0 amide bonds. The molecule has 0 aromatic rings. The molecule has 0 rings (SSSR count). The van der Waals surface area contributed by atoms with Gasteiger partial charge >= 0.3 is 0 Å². The molecular weight excluding hydrogens is 269 g/mol. The van der Waals surface area contributed by atoms with Crippen molar-refractivity contribution in [2.45, 2.75) is 32.5 Å². The third-order valence-corrected chi connectivity index (χ3v) is 2.00. The molecule has 2 atom stereocenters. The number of rotatable bonds is 6. The number of hydrogen-bond acceptors (Lipinski definition) is 3. The molecule has 1 N–H and O–H groups in total. The summed E-state index contributed by atoms with van der Waals surface area (Å²) in [4.78, 5) is 0. The van der Waals surface area contributed by atoms with E-state index in [4.69, 9.17) is 4.74 Å². The van der Waals surface area contributed by atoms with E-state index in [2.05, 4.69) is 29.8 Å². The highest BCUT2D eigenvalue weighted by atomic mass is 127. The van der Waals surface area contributed by atoms with Gasteiger partial charge in [0.05, 0.1) is 18.8 Å². The average molecular weight is 287 g/mol. The van der Waals surface area contributed by atoms with Crippen LogP contribution in [0.2, 0.25) is 0 Å². The van der Waals surface area contributed by atoms with Gasteiger partial charge < -0.3 is 9.84 Å². The number of ether oxygens (including phenoxy) is 1. The first-order valence-corrected chi connectivity index (χ1v) is 5.19. The summed E-state index contributed by atoms with van der Waals surface area (Å²) in [5, 5.41) is 9.39. The molecule has 12 heavy (non-hydrogen) atoms. The second-order valence-electron chi connectivity index (χ2n) is 2.99. The minimum atomic E-state index is -0.374. The van der Waals surface area contributed by atoms with Crippen molar-refractivity contribution in [2.75, 3.05) is 20.2 Å². The Morgan fingerprint density at radius 1 is 1.58 bits per heavy atom. The van der Waals surface area contributed by atoms with Crippen molar-refractivity contribution < 1.29 is 9.84 Å². The topological polar surface area (TPSA) is 32.7 Å². The minimum Gasteiger partial charge on any atom is -0.389 e. The Kier molecular flexibility index (Phi) is 7.41. The van der Waals surface area contributed by atoms with Crippen LogP contribution in [0.15, 0.2) is 0 Å². The lowest BCUT2D eigenvalue weighted by atomic mass is 10.3. The van der Waals surface area contributed by atoms with E-state index < -0.39 is 0 Å². The van der Waals surface area contributed by atoms with Crippen molar-refractivity contribution in [2.24, 2.45) is 0 Å². The molecule has 4 heteroatoms. The van der Waals surface area contributed by atoms with Crippen LogP contribution in [-0.2, 0) is 4.74 Å². The standard InChI is InChI=1S/C8H18INO2/c1-4-7(2)12-6-8(11)5-10(3)9/h7-8,11H,4-6H2,1-3H3. The highest BCUT2D eigenvalue weighted by Crippen LogP contribution is 2.00. The Labute approximate surface area is 88.6 Å². The van der Waals surface area contributed by atoms with Crippen molar-refractivity contribution in [1.82, 2.24) is 3.11 Å². The van der Waals surface area contributed by atoms with Gasteiger partial charge in [0.25, 0.3) is 0 Å². The van der Waals surface area contributed by atoms with Crippen molar-refractivity contribution >= 4 is 22.9 Å². The fourth-order valence-corrected chi connectivity index (χ4v) is 1.19. The predicted molar refractivity (Wildman–Crippen MR) is 58.4 cm³/mol. The highest BCUT2D eigenvalue weighted by molar-refractivity contribution is 14.1. The SMILES string of the molecule is CCC(C)OCC(O)CN(C)I. The Bertz CT molecular complexity index is 111. The van der Waals surface area contributed by atoms with Gasteiger partial charge in [-0.2, -0.15) is 0 Å². The van der Waals surface area contributed by atoms with Gasteiger partial charge in [0.1, 0.15) is 0 Å². The van der Waals surface area contributed by atoms with E-state index in [1.807, 2.05) is 17.1 Å². The lowest BCUT2D eigenvalue weighted by molar-refractivity contribution is -0.00543. The maximum Gasteiger partial charge on any atom is 0.0908 e. The quantitative estimate of drug-likeness (QED) is 0.593. The summed E-state index contributed by atoms with van der Waals surface area (Å²) in [7, 11) is 1.92. The third-order valence-electron chi connectivity index (χ3n) is 1.61. The monoisotopic (exact) mass is 287 g/mol. The number of hydrogen-bond donors (Lipinski definition) is 1. The normalized spacial score (nSPS) is 16.5. The van der Waals surface area contributed by atoms with Crippen LogP contribution in [0.4, 0.5) is 0 Å². The van der Waals surface area contributed by atoms with Crippen LogP contribution >= 0.6 is 22.9 Å². The van der Waals surface area contributed by atoms with Crippen LogP contribution in [0.3, 0.4) is 0 Å². The Morgan fingerprint density at radius 2 is 2.17 bits per heavy atom. The summed E-state index contributed by atoms with van der Waals surface area (Å²) in [6.07, 6.45) is 0.868. The number of likely N-dealkylation sites (N-methyl/N-ethyl adjacent to an activating group) is 1. The van der Waals surface area contributed by atoms with E-state index in [0.717, 1.165) is 6.42 Å². The first-order valence-electron chi connectivity index (χ1n) is 4.22. The minimum absolute atomic E-state index is 0.249. The molecule has 0 aliphatic carbocycles. The van der Waals surface area contributed by atoms with Crippen LogP contribution in [0.25, 0.3) is 0 Å². The molecule has 0 aliphatic heterocycles. The first-order chi connectivity index (χ1) is 5.56. The maximum absolute atomic E-state index is 9.39. The average Bonchev–Trinajstić information content (AvgIpc) is 1.99. The van der Waals surface area contributed by atoms with Crippen LogP contribution in [-0.4, -0.2) is 40.6 Å². The molecule has 0 aromatic carbocycles. The molecule has 0 fully saturated rings. The second kappa shape index (κ2) is 7.06. The number of halogens is 1. The lowest BCUT2D eigenvalue weighted by Crippen LogP contribution is -2.28. The van der Waals surface area contributed by atoms with Gasteiger partial charge in [0.2, 0.25) is 0 Å². The molecule has 0 bridgehead atoms. The number of aliphatic hydroxyl groups excluding tert-OH is 1. The lowest BCUT2D eigenvalue weighted by Gasteiger charge is -2.17. The Balaban J connectivity index is 3.36. The molecule has 3 nitrogen and oxygen atoms in total. The van der Waals surface area contributed by atoms with Gasteiger partial charge in [-0.15, -0.1) is 0 Å². The summed E-state index contributed by atoms with van der Waals surface area (Å²) < 4.78 is 7.29. The highest BCUT2D eigenvalue weighted by Gasteiger charge is 2.07. The van der Waals surface area contributed by atoms with E-state index in [1.165, 1.54) is 0 Å². The van der Waals surface area contributed by atoms with Crippen LogP contribution in [0.1, 0.15) is 20.3 Å². The van der Waals surface area contributed by atoms with Gasteiger partial charge in [0.15, 0.2) is 0 Å². The first kappa shape index (κ1) is 12.6. The Morgan fingerprint density at radius 3 is 2.58 bits per heavy atom. The molecule has 74 valence electrons. The molecule has 0 spiro atoms. The number of nitrogens with zero attached hydrogens (tertiary/aromatic N) is 1.